The van der Waals surface area contributed by atoms with Crippen LogP contribution in [-0.2, 0) is 16.0 Å². The lowest BCUT2D eigenvalue weighted by Crippen LogP contribution is -2.43. The molecule has 10 heteroatoms. The summed E-state index contributed by atoms with van der Waals surface area (Å²) in [4.78, 5) is 30.8. The van der Waals surface area contributed by atoms with Gasteiger partial charge >= 0.3 is 0 Å². The summed E-state index contributed by atoms with van der Waals surface area (Å²) in [5, 5.41) is 22.5. The van der Waals surface area contributed by atoms with E-state index in [4.69, 9.17) is 16.5 Å². The molecule has 35 heavy (non-hydrogen) atoms. The van der Waals surface area contributed by atoms with E-state index in [9.17, 15) is 20.1 Å². The van der Waals surface area contributed by atoms with E-state index in [0.717, 1.165) is 24.6 Å². The Balaban J connectivity index is 2.02. The molecule has 0 spiro atoms. The molecule has 0 saturated carbocycles. The number of nitrogens with two attached hydrogens (primary N) is 2. The van der Waals surface area contributed by atoms with Crippen molar-refractivity contribution in [1.29, 1.82) is 10.5 Å². The van der Waals surface area contributed by atoms with Crippen molar-refractivity contribution in [2.24, 2.45) is 17.4 Å². The van der Waals surface area contributed by atoms with Crippen LogP contribution in [0.2, 0.25) is 0 Å². The number of thioether (sulfide) groups is 1. The molecule has 182 valence electrons. The second-order valence-electron chi connectivity index (χ2n) is 8.32. The second-order valence-corrected chi connectivity index (χ2v) is 9.41. The number of primary amides is 1. The van der Waals surface area contributed by atoms with Gasteiger partial charge in [0.05, 0.1) is 17.7 Å². The number of benzene rings is 1. The fourth-order valence-electron chi connectivity index (χ4n) is 4.28. The Morgan fingerprint density at radius 3 is 2.57 bits per heavy atom. The van der Waals surface area contributed by atoms with Crippen LogP contribution in [-0.4, -0.2) is 43.0 Å². The van der Waals surface area contributed by atoms with Crippen molar-refractivity contribution in [3.63, 3.8) is 0 Å². The third-order valence-corrected chi connectivity index (χ3v) is 7.27. The Kier molecular flexibility index (Phi) is 9.07. The van der Waals surface area contributed by atoms with E-state index in [1.54, 1.807) is 0 Å². The predicted molar refractivity (Wildman–Crippen MR) is 134 cm³/mol. The van der Waals surface area contributed by atoms with Crippen LogP contribution in [0.15, 0.2) is 35.4 Å². The first-order chi connectivity index (χ1) is 16.9. The van der Waals surface area contributed by atoms with Gasteiger partial charge in [0.1, 0.15) is 28.2 Å². The molecule has 1 aliphatic heterocycles. The fraction of sp³-hybridized carbons (Fsp3) is 0.400. The van der Waals surface area contributed by atoms with Gasteiger partial charge in [0, 0.05) is 19.6 Å². The maximum absolute atomic E-state index is 12.3. The number of nitrogens with one attached hydrogen (secondary N) is 1. The predicted octanol–water partition coefficient (Wildman–Crippen LogP) is 2.00. The molecule has 5 N–H and O–H groups in total. The molecule has 0 aliphatic carbocycles. The maximum atomic E-state index is 12.3. The highest BCUT2D eigenvalue weighted by Crippen LogP contribution is 2.40. The molecule has 9 nitrogen and oxygen atoms in total. The number of anilines is 1. The van der Waals surface area contributed by atoms with Crippen LogP contribution in [0.25, 0.3) is 0 Å². The quantitative estimate of drug-likeness (QED) is 0.449. The molecular formula is C25H29N7O2S. The number of carbonyl (C=O) groups excluding carboxylic acids is 2. The summed E-state index contributed by atoms with van der Waals surface area (Å²) in [5.41, 5.74) is 13.1. The Hall–Kier alpha value is -3.60. The molecule has 1 aromatic heterocycles. The van der Waals surface area contributed by atoms with Crippen LogP contribution in [0.5, 0.6) is 0 Å². The highest BCUT2D eigenvalue weighted by atomic mass is 32.2. The molecule has 1 aromatic carbocycles. The standard InChI is InChI=1S/C25H29N7O2S/c1-2-18-19(11-26)24(32-10-6-7-16(15-32)14-30-21(33)13-28)31-25(20(18)12-27)35-22(23(29)34)17-8-4-3-5-9-17/h3-5,8-9,16,22H,2,6-7,10,13-15,28H2,1H3,(H2,29,34)(H,30,33)/t16-,22?/m0/s1. The lowest BCUT2D eigenvalue weighted by molar-refractivity contribution is -0.120. The molecule has 2 aromatic rings. The van der Waals surface area contributed by atoms with Gasteiger partial charge < -0.3 is 21.7 Å². The van der Waals surface area contributed by atoms with Crippen molar-refractivity contribution in [1.82, 2.24) is 10.3 Å². The number of piperidine rings is 1. The van der Waals surface area contributed by atoms with Crippen LogP contribution in [0.4, 0.5) is 5.82 Å². The second kappa shape index (κ2) is 12.2. The van der Waals surface area contributed by atoms with Crippen molar-refractivity contribution in [3.05, 3.63) is 52.6 Å². The molecule has 1 aliphatic rings. The number of nitrogens with zero attached hydrogens (tertiary/aromatic N) is 4. The number of nitriles is 2. The van der Waals surface area contributed by atoms with E-state index < -0.39 is 11.2 Å². The zero-order valence-corrected chi connectivity index (χ0v) is 20.5. The number of pyridine rings is 1. The molecule has 1 unspecified atom stereocenters. The van der Waals surface area contributed by atoms with Gasteiger partial charge in [-0.3, -0.25) is 9.59 Å². The van der Waals surface area contributed by atoms with Crippen molar-refractivity contribution in [2.45, 2.75) is 36.5 Å². The molecule has 0 bridgehead atoms. The normalized spacial score (nSPS) is 16.1. The first kappa shape index (κ1) is 26.0. The Labute approximate surface area is 209 Å². The number of rotatable bonds is 9. The highest BCUT2D eigenvalue weighted by molar-refractivity contribution is 8.00. The van der Waals surface area contributed by atoms with E-state index in [-0.39, 0.29) is 18.4 Å². The largest absolute Gasteiger partial charge is 0.368 e. The maximum Gasteiger partial charge on any atom is 0.235 e. The number of aromatic nitrogens is 1. The molecule has 1 saturated heterocycles. The van der Waals surface area contributed by atoms with Crippen molar-refractivity contribution >= 4 is 29.4 Å². The highest BCUT2D eigenvalue weighted by Gasteiger charge is 2.29. The first-order valence-corrected chi connectivity index (χ1v) is 12.4. The van der Waals surface area contributed by atoms with Crippen LogP contribution < -0.4 is 21.7 Å². The van der Waals surface area contributed by atoms with Gasteiger partial charge in [0.15, 0.2) is 0 Å². The smallest absolute Gasteiger partial charge is 0.235 e. The van der Waals surface area contributed by atoms with Gasteiger partial charge in [-0.2, -0.15) is 10.5 Å². The van der Waals surface area contributed by atoms with Crippen LogP contribution in [0, 0.1) is 28.6 Å². The first-order valence-electron chi connectivity index (χ1n) is 11.5. The third-order valence-electron chi connectivity index (χ3n) is 6.01. The summed E-state index contributed by atoms with van der Waals surface area (Å²) in [6.07, 6.45) is 2.26. The molecule has 2 atom stereocenters. The number of carbonyl (C=O) groups is 2. The zero-order valence-electron chi connectivity index (χ0n) is 19.7. The summed E-state index contributed by atoms with van der Waals surface area (Å²) in [6, 6.07) is 13.6. The third kappa shape index (κ3) is 6.10. The summed E-state index contributed by atoms with van der Waals surface area (Å²) in [5.74, 6) is -0.0738. The minimum atomic E-state index is -0.734. The van der Waals surface area contributed by atoms with Gasteiger partial charge in [-0.05, 0) is 36.3 Å². The minimum absolute atomic E-state index is 0.0604. The average molecular weight is 492 g/mol. The van der Waals surface area contributed by atoms with E-state index in [1.165, 1.54) is 0 Å². The lowest BCUT2D eigenvalue weighted by atomic mass is 9.96. The SMILES string of the molecule is CCc1c(C#N)c(SC(C(N)=O)c2ccccc2)nc(N2CCC[C@@H](CNC(=O)CN)C2)c1C#N. The molecular weight excluding hydrogens is 462 g/mol. The lowest BCUT2D eigenvalue weighted by Gasteiger charge is -2.35. The molecule has 0 radical (unpaired) electrons. The van der Waals surface area contributed by atoms with Gasteiger partial charge in [-0.15, -0.1) is 0 Å². The van der Waals surface area contributed by atoms with Crippen LogP contribution >= 0.6 is 11.8 Å². The van der Waals surface area contributed by atoms with E-state index in [2.05, 4.69) is 17.5 Å². The van der Waals surface area contributed by atoms with Crippen molar-refractivity contribution in [3.8, 4) is 12.1 Å². The molecule has 3 rings (SSSR count). The van der Waals surface area contributed by atoms with Crippen molar-refractivity contribution < 1.29 is 9.59 Å². The number of amides is 2. The van der Waals surface area contributed by atoms with Gasteiger partial charge in [0.25, 0.3) is 0 Å². The number of hydrogen-bond donors (Lipinski definition) is 3. The summed E-state index contributed by atoms with van der Waals surface area (Å²) >= 11 is 1.13. The Bertz CT molecular complexity index is 1160. The summed E-state index contributed by atoms with van der Waals surface area (Å²) < 4.78 is 0. The van der Waals surface area contributed by atoms with E-state index in [1.807, 2.05) is 42.2 Å². The van der Waals surface area contributed by atoms with Crippen LogP contribution in [0.3, 0.4) is 0 Å². The van der Waals surface area contributed by atoms with Gasteiger partial charge in [-0.1, -0.05) is 49.0 Å². The molecule has 2 amide bonds. The van der Waals surface area contributed by atoms with Gasteiger partial charge in [-0.25, -0.2) is 4.98 Å². The average Bonchev–Trinajstić information content (AvgIpc) is 2.89. The Morgan fingerprint density at radius 2 is 1.97 bits per heavy atom. The monoisotopic (exact) mass is 491 g/mol. The van der Waals surface area contributed by atoms with Crippen LogP contribution in [0.1, 0.15) is 47.3 Å². The molecule has 2 heterocycles. The fourth-order valence-corrected chi connectivity index (χ4v) is 5.34. The summed E-state index contributed by atoms with van der Waals surface area (Å²) in [7, 11) is 0. The van der Waals surface area contributed by atoms with Gasteiger partial charge in [0.2, 0.25) is 11.8 Å². The minimum Gasteiger partial charge on any atom is -0.368 e. The molecule has 1 fully saturated rings. The summed E-state index contributed by atoms with van der Waals surface area (Å²) in [6.45, 7) is 3.61. The zero-order chi connectivity index (χ0) is 25.4. The Morgan fingerprint density at radius 1 is 1.26 bits per heavy atom. The van der Waals surface area contributed by atoms with Crippen molar-refractivity contribution in [2.75, 3.05) is 31.1 Å². The number of hydrogen-bond acceptors (Lipinski definition) is 8. The topological polar surface area (TPSA) is 162 Å². The van der Waals surface area contributed by atoms with E-state index >= 15 is 0 Å². The van der Waals surface area contributed by atoms with E-state index in [0.29, 0.717) is 59.2 Å².